The number of halogens is 1. The number of carbonyl (C=O) groups excluding carboxylic acids is 1. The Bertz CT molecular complexity index is 714. The van der Waals surface area contributed by atoms with Gasteiger partial charge in [0, 0.05) is 45.2 Å². The van der Waals surface area contributed by atoms with E-state index in [-0.39, 0.29) is 17.9 Å². The molecule has 26 heavy (non-hydrogen) atoms. The zero-order valence-electron chi connectivity index (χ0n) is 14.6. The van der Waals surface area contributed by atoms with E-state index >= 15 is 0 Å². The van der Waals surface area contributed by atoms with E-state index in [2.05, 4.69) is 36.7 Å². The molecule has 4 atom stereocenters. The van der Waals surface area contributed by atoms with Gasteiger partial charge in [-0.2, -0.15) is 5.26 Å². The fourth-order valence-electron chi connectivity index (χ4n) is 4.29. The van der Waals surface area contributed by atoms with Crippen molar-refractivity contribution in [3.8, 4) is 6.07 Å². The van der Waals surface area contributed by atoms with Gasteiger partial charge in [0.1, 0.15) is 12.1 Å². The van der Waals surface area contributed by atoms with Crippen molar-refractivity contribution >= 4 is 5.91 Å². The third kappa shape index (κ3) is 3.32. The Hall–Kier alpha value is -2.02. The van der Waals surface area contributed by atoms with Gasteiger partial charge >= 0.3 is 0 Å². The quantitative estimate of drug-likeness (QED) is 0.661. The molecule has 4 heterocycles. The topological polar surface area (TPSA) is 98.0 Å². The lowest BCUT2D eigenvalue weighted by Gasteiger charge is -2.39. The van der Waals surface area contributed by atoms with Gasteiger partial charge in [-0.15, -0.1) is 0 Å². The Balaban J connectivity index is 1.48. The largest absolute Gasteiger partial charge is 0.333 e. The number of nitriles is 1. The molecule has 3 aliphatic heterocycles. The van der Waals surface area contributed by atoms with Crippen molar-refractivity contribution in [1.82, 2.24) is 30.6 Å². The summed E-state index contributed by atoms with van der Waals surface area (Å²) in [4.78, 5) is 18.7. The number of amides is 1. The van der Waals surface area contributed by atoms with Crippen LogP contribution in [0.15, 0.2) is 6.33 Å². The summed E-state index contributed by atoms with van der Waals surface area (Å²) in [6, 6.07) is 1.98. The summed E-state index contributed by atoms with van der Waals surface area (Å²) in [5.41, 5.74) is 7.62. The number of hydrogen-bond acceptors (Lipinski definition) is 6. The van der Waals surface area contributed by atoms with Crippen LogP contribution < -0.4 is 16.2 Å². The lowest BCUT2D eigenvalue weighted by molar-refractivity contribution is -0.128. The Kier molecular flexibility index (Phi) is 4.89. The number of rotatable bonds is 3. The average Bonchev–Trinajstić information content (AvgIpc) is 3.03. The first-order valence-electron chi connectivity index (χ1n) is 9.19. The van der Waals surface area contributed by atoms with Crippen molar-refractivity contribution < 1.29 is 9.18 Å². The number of piperidine rings is 1. The van der Waals surface area contributed by atoms with Crippen molar-refractivity contribution in [2.75, 3.05) is 26.2 Å². The summed E-state index contributed by atoms with van der Waals surface area (Å²) in [5, 5.41) is 12.5. The second-order valence-corrected chi connectivity index (χ2v) is 7.41. The molecule has 0 radical (unpaired) electrons. The summed E-state index contributed by atoms with van der Waals surface area (Å²) in [6.45, 7) is 3.99. The first-order valence-corrected chi connectivity index (χ1v) is 9.19. The maximum atomic E-state index is 13.7. The minimum absolute atomic E-state index is 0.156. The highest BCUT2D eigenvalue weighted by atomic mass is 19.1. The predicted octanol–water partition coefficient (Wildman–Crippen LogP) is -0.668. The maximum absolute atomic E-state index is 13.7. The van der Waals surface area contributed by atoms with E-state index in [0.29, 0.717) is 26.1 Å². The molecule has 0 bridgehead atoms. The van der Waals surface area contributed by atoms with E-state index in [9.17, 15) is 14.4 Å². The van der Waals surface area contributed by atoms with E-state index in [4.69, 9.17) is 0 Å². The van der Waals surface area contributed by atoms with Crippen LogP contribution in [0, 0.1) is 23.2 Å². The number of hydrazine groups is 1. The maximum Gasteiger partial charge on any atom is 0.253 e. The lowest BCUT2D eigenvalue weighted by atomic mass is 9.95. The Labute approximate surface area is 151 Å². The van der Waals surface area contributed by atoms with E-state index < -0.39 is 12.1 Å². The standard InChI is InChI=1S/C17H24FN7O/c18-12-3-11(5-20-6-12)8-25-10-21-14-1-2-24(9-16(14)25)15-7-22-23-17(26)13(15)4-19/h10-13,15,20,22H,1-3,5-9H2,(H,23,26). The number of nitrogens with one attached hydrogen (secondary N) is 3. The predicted molar refractivity (Wildman–Crippen MR) is 91.3 cm³/mol. The summed E-state index contributed by atoms with van der Waals surface area (Å²) in [7, 11) is 0. The molecule has 3 N–H and O–H groups in total. The van der Waals surface area contributed by atoms with Gasteiger partial charge in [-0.1, -0.05) is 0 Å². The highest BCUT2D eigenvalue weighted by Crippen LogP contribution is 2.25. The average molecular weight is 361 g/mol. The highest BCUT2D eigenvalue weighted by Gasteiger charge is 2.38. The van der Waals surface area contributed by atoms with Gasteiger partial charge in [-0.25, -0.2) is 14.8 Å². The van der Waals surface area contributed by atoms with Crippen LogP contribution in [0.25, 0.3) is 0 Å². The second kappa shape index (κ2) is 7.31. The third-order valence-electron chi connectivity index (χ3n) is 5.66. The van der Waals surface area contributed by atoms with Crippen LogP contribution in [0.5, 0.6) is 0 Å². The van der Waals surface area contributed by atoms with Gasteiger partial charge in [0.05, 0.1) is 23.8 Å². The minimum atomic E-state index is -0.784. The van der Waals surface area contributed by atoms with Crippen molar-refractivity contribution in [3.05, 3.63) is 17.7 Å². The molecule has 0 saturated carbocycles. The first kappa shape index (κ1) is 17.4. The highest BCUT2D eigenvalue weighted by molar-refractivity contribution is 5.82. The van der Waals surface area contributed by atoms with Gasteiger partial charge in [0.25, 0.3) is 5.91 Å². The summed E-state index contributed by atoms with van der Waals surface area (Å²) >= 11 is 0. The number of imidazole rings is 1. The number of nitrogens with zero attached hydrogens (tertiary/aromatic N) is 4. The van der Waals surface area contributed by atoms with E-state index in [1.807, 2.05) is 6.33 Å². The molecule has 4 rings (SSSR count). The van der Waals surface area contributed by atoms with Crippen LogP contribution in [0.4, 0.5) is 4.39 Å². The zero-order chi connectivity index (χ0) is 18.1. The van der Waals surface area contributed by atoms with Crippen LogP contribution in [-0.2, 0) is 24.3 Å². The molecule has 0 aliphatic carbocycles. The molecule has 1 amide bonds. The number of alkyl halides is 1. The van der Waals surface area contributed by atoms with E-state index in [0.717, 1.165) is 37.4 Å². The molecule has 8 nitrogen and oxygen atoms in total. The first-order chi connectivity index (χ1) is 12.7. The number of aromatic nitrogens is 2. The Morgan fingerprint density at radius 1 is 1.38 bits per heavy atom. The summed E-state index contributed by atoms with van der Waals surface area (Å²) in [5.74, 6) is -0.698. The van der Waals surface area contributed by atoms with Gasteiger partial charge in [-0.3, -0.25) is 15.1 Å². The summed E-state index contributed by atoms with van der Waals surface area (Å²) in [6.07, 6.45) is 2.44. The second-order valence-electron chi connectivity index (χ2n) is 7.41. The van der Waals surface area contributed by atoms with Crippen LogP contribution >= 0.6 is 0 Å². The smallest absolute Gasteiger partial charge is 0.253 e. The Morgan fingerprint density at radius 3 is 3.08 bits per heavy atom. The summed E-state index contributed by atoms with van der Waals surface area (Å²) < 4.78 is 15.8. The minimum Gasteiger partial charge on any atom is -0.333 e. The van der Waals surface area contributed by atoms with Gasteiger partial charge in [0.2, 0.25) is 0 Å². The monoisotopic (exact) mass is 361 g/mol. The number of hydrogen-bond donors (Lipinski definition) is 3. The molecule has 1 aromatic heterocycles. The van der Waals surface area contributed by atoms with E-state index in [1.54, 1.807) is 0 Å². The fourth-order valence-corrected chi connectivity index (χ4v) is 4.29. The van der Waals surface area contributed by atoms with Crippen molar-refractivity contribution in [1.29, 1.82) is 5.26 Å². The van der Waals surface area contributed by atoms with Gasteiger partial charge in [-0.05, 0) is 18.9 Å². The van der Waals surface area contributed by atoms with Crippen molar-refractivity contribution in [2.45, 2.75) is 38.1 Å². The molecular weight excluding hydrogens is 337 g/mol. The molecule has 0 spiro atoms. The van der Waals surface area contributed by atoms with Crippen molar-refractivity contribution in [3.63, 3.8) is 0 Å². The molecule has 2 saturated heterocycles. The fraction of sp³-hybridized carbons (Fsp3) is 0.706. The molecule has 2 fully saturated rings. The van der Waals surface area contributed by atoms with Gasteiger partial charge in [0.15, 0.2) is 0 Å². The lowest BCUT2D eigenvalue weighted by Crippen LogP contribution is -2.61. The molecule has 0 aromatic carbocycles. The molecule has 140 valence electrons. The van der Waals surface area contributed by atoms with Crippen LogP contribution in [0.3, 0.4) is 0 Å². The molecule has 1 aromatic rings. The SMILES string of the molecule is N#CC1C(=O)NNCC1N1CCc2ncn(CC3CNCC(F)C3)c2C1. The van der Waals surface area contributed by atoms with Gasteiger partial charge < -0.3 is 9.88 Å². The molecule has 4 unspecified atom stereocenters. The third-order valence-corrected chi connectivity index (χ3v) is 5.66. The zero-order valence-corrected chi connectivity index (χ0v) is 14.6. The van der Waals surface area contributed by atoms with E-state index in [1.165, 1.54) is 0 Å². The molecule has 3 aliphatic rings. The number of carbonyl (C=O) groups is 1. The molecular formula is C17H24FN7O. The Morgan fingerprint density at radius 2 is 2.27 bits per heavy atom. The van der Waals surface area contributed by atoms with Crippen LogP contribution in [0.2, 0.25) is 0 Å². The number of fused-ring (bicyclic) bond motifs is 1. The van der Waals surface area contributed by atoms with Crippen LogP contribution in [-0.4, -0.2) is 58.8 Å². The van der Waals surface area contributed by atoms with Crippen molar-refractivity contribution in [2.24, 2.45) is 11.8 Å². The normalized spacial score (nSPS) is 32.5. The van der Waals surface area contributed by atoms with Crippen LogP contribution in [0.1, 0.15) is 17.8 Å². The molecule has 9 heteroatoms.